The average Bonchev–Trinajstić information content (AvgIpc) is 2.49. The minimum atomic E-state index is -0.630. The van der Waals surface area contributed by atoms with Crippen LogP contribution in [0.4, 0.5) is 0 Å². The van der Waals surface area contributed by atoms with E-state index in [0.29, 0.717) is 6.04 Å². The van der Waals surface area contributed by atoms with E-state index in [-0.39, 0.29) is 0 Å². The predicted octanol–water partition coefficient (Wildman–Crippen LogP) is 3.85. The summed E-state index contributed by atoms with van der Waals surface area (Å²) in [6.07, 6.45) is 3.21. The van der Waals surface area contributed by atoms with E-state index in [1.54, 1.807) is 0 Å². The maximum atomic E-state index is 11.5. The molecule has 1 aliphatic rings. The number of hydrogen-bond acceptors (Lipinski definition) is 2. The minimum absolute atomic E-state index is 0.426. The van der Waals surface area contributed by atoms with Crippen LogP contribution in [0, 0.1) is 5.41 Å². The van der Waals surface area contributed by atoms with E-state index in [1.165, 1.54) is 5.56 Å². The first-order chi connectivity index (χ1) is 9.97. The summed E-state index contributed by atoms with van der Waals surface area (Å²) in [6, 6.07) is 8.40. The van der Waals surface area contributed by atoms with Gasteiger partial charge in [0.2, 0.25) is 0 Å². The molecule has 0 aliphatic carbocycles. The Hall–Kier alpha value is -1.06. The van der Waals surface area contributed by atoms with Crippen molar-refractivity contribution in [2.24, 2.45) is 5.41 Å². The zero-order chi connectivity index (χ0) is 15.5. The molecule has 1 atom stereocenters. The number of carboxylic acid groups (broad SMARTS) is 1. The van der Waals surface area contributed by atoms with Crippen LogP contribution < -0.4 is 0 Å². The Labute approximate surface area is 131 Å². The predicted molar refractivity (Wildman–Crippen MR) is 85.8 cm³/mol. The van der Waals surface area contributed by atoms with E-state index in [2.05, 4.69) is 24.0 Å². The van der Waals surface area contributed by atoms with E-state index in [0.717, 1.165) is 43.8 Å². The van der Waals surface area contributed by atoms with Gasteiger partial charge in [0.15, 0.2) is 0 Å². The highest BCUT2D eigenvalue weighted by molar-refractivity contribution is 6.30. The first-order valence-corrected chi connectivity index (χ1v) is 8.06. The molecule has 1 N–H and O–H groups in total. The number of halogens is 1. The third-order valence-electron chi connectivity index (χ3n) is 4.95. The van der Waals surface area contributed by atoms with E-state index >= 15 is 0 Å². The van der Waals surface area contributed by atoms with Crippen molar-refractivity contribution in [2.45, 2.75) is 45.6 Å². The number of rotatable bonds is 5. The molecule has 1 heterocycles. The van der Waals surface area contributed by atoms with Gasteiger partial charge in [0.1, 0.15) is 0 Å². The van der Waals surface area contributed by atoms with Crippen LogP contribution in [0.2, 0.25) is 5.02 Å². The summed E-state index contributed by atoms with van der Waals surface area (Å²) in [7, 11) is 0. The van der Waals surface area contributed by atoms with Gasteiger partial charge in [-0.1, -0.05) is 30.7 Å². The van der Waals surface area contributed by atoms with Crippen molar-refractivity contribution in [3.63, 3.8) is 0 Å². The van der Waals surface area contributed by atoms with E-state index in [9.17, 15) is 9.90 Å². The van der Waals surface area contributed by atoms with Gasteiger partial charge in [-0.25, -0.2) is 0 Å². The van der Waals surface area contributed by atoms with Gasteiger partial charge >= 0.3 is 5.97 Å². The largest absolute Gasteiger partial charge is 0.481 e. The van der Waals surface area contributed by atoms with Gasteiger partial charge in [-0.2, -0.15) is 0 Å². The maximum absolute atomic E-state index is 11.5. The van der Waals surface area contributed by atoms with Crippen molar-refractivity contribution in [1.82, 2.24) is 4.90 Å². The molecule has 1 unspecified atom stereocenters. The zero-order valence-electron chi connectivity index (χ0n) is 12.8. The van der Waals surface area contributed by atoms with Crippen molar-refractivity contribution >= 4 is 17.6 Å². The Bertz CT molecular complexity index is 478. The fraction of sp³-hybridized carbons (Fsp3) is 0.588. The molecule has 116 valence electrons. The number of likely N-dealkylation sites (tertiary alicyclic amines) is 1. The summed E-state index contributed by atoms with van der Waals surface area (Å²) in [6.45, 7) is 5.94. The summed E-state index contributed by atoms with van der Waals surface area (Å²) in [5, 5.41) is 10.2. The smallest absolute Gasteiger partial charge is 0.309 e. The Morgan fingerprint density at radius 2 is 1.90 bits per heavy atom. The molecule has 3 nitrogen and oxygen atoms in total. The van der Waals surface area contributed by atoms with Crippen molar-refractivity contribution in [3.05, 3.63) is 34.9 Å². The Balaban J connectivity index is 1.92. The monoisotopic (exact) mass is 309 g/mol. The fourth-order valence-corrected chi connectivity index (χ4v) is 3.33. The molecule has 0 radical (unpaired) electrons. The van der Waals surface area contributed by atoms with Gasteiger partial charge in [-0.3, -0.25) is 4.79 Å². The lowest BCUT2D eigenvalue weighted by Gasteiger charge is -2.41. The van der Waals surface area contributed by atoms with Gasteiger partial charge in [0.25, 0.3) is 0 Å². The first-order valence-electron chi connectivity index (χ1n) is 7.69. The molecule has 0 aromatic heterocycles. The van der Waals surface area contributed by atoms with Gasteiger partial charge in [-0.15, -0.1) is 0 Å². The molecule has 1 fully saturated rings. The summed E-state index contributed by atoms with van der Waals surface area (Å²) in [5.41, 5.74) is 0.772. The van der Waals surface area contributed by atoms with E-state index in [1.807, 2.05) is 19.1 Å². The lowest BCUT2D eigenvalue weighted by Crippen LogP contribution is -2.47. The number of carbonyl (C=O) groups is 1. The third-order valence-corrected chi connectivity index (χ3v) is 5.21. The Kier molecular flexibility index (Phi) is 5.28. The lowest BCUT2D eigenvalue weighted by molar-refractivity contribution is -0.152. The fourth-order valence-electron chi connectivity index (χ4n) is 3.20. The molecule has 1 aromatic carbocycles. The normalized spacial score (nSPS) is 20.1. The van der Waals surface area contributed by atoms with Crippen LogP contribution in [0.3, 0.4) is 0 Å². The summed E-state index contributed by atoms with van der Waals surface area (Å²) in [5.74, 6) is -0.630. The molecule has 4 heteroatoms. The molecule has 0 amide bonds. The van der Waals surface area contributed by atoms with Crippen LogP contribution in [0.15, 0.2) is 24.3 Å². The second kappa shape index (κ2) is 6.80. The molecule has 1 saturated heterocycles. The quantitative estimate of drug-likeness (QED) is 0.898. The molecular formula is C17H24ClNO2. The van der Waals surface area contributed by atoms with Crippen LogP contribution in [-0.2, 0) is 11.2 Å². The molecule has 1 aromatic rings. The van der Waals surface area contributed by atoms with Crippen LogP contribution in [0.5, 0.6) is 0 Å². The number of carboxylic acids is 1. The Morgan fingerprint density at radius 3 is 2.38 bits per heavy atom. The minimum Gasteiger partial charge on any atom is -0.481 e. The van der Waals surface area contributed by atoms with Crippen molar-refractivity contribution in [2.75, 3.05) is 13.1 Å². The second-order valence-electron chi connectivity index (χ2n) is 6.15. The molecule has 1 aliphatic heterocycles. The van der Waals surface area contributed by atoms with Gasteiger partial charge in [0.05, 0.1) is 5.41 Å². The van der Waals surface area contributed by atoms with Crippen molar-refractivity contribution < 1.29 is 9.90 Å². The summed E-state index contributed by atoms with van der Waals surface area (Å²) >= 11 is 5.91. The maximum Gasteiger partial charge on any atom is 0.309 e. The number of nitrogens with zero attached hydrogens (tertiary/aromatic N) is 1. The highest BCUT2D eigenvalue weighted by Gasteiger charge is 2.40. The van der Waals surface area contributed by atoms with Gasteiger partial charge in [0, 0.05) is 11.1 Å². The highest BCUT2D eigenvalue weighted by atomic mass is 35.5. The van der Waals surface area contributed by atoms with Gasteiger partial charge < -0.3 is 10.0 Å². The van der Waals surface area contributed by atoms with Crippen LogP contribution in [-0.4, -0.2) is 35.1 Å². The second-order valence-corrected chi connectivity index (χ2v) is 6.59. The number of aliphatic carboxylic acids is 1. The van der Waals surface area contributed by atoms with Gasteiger partial charge in [-0.05, 0) is 63.4 Å². The average molecular weight is 310 g/mol. The van der Waals surface area contributed by atoms with Crippen LogP contribution in [0.1, 0.15) is 38.7 Å². The first kappa shape index (κ1) is 16.3. The third kappa shape index (κ3) is 3.78. The van der Waals surface area contributed by atoms with Crippen molar-refractivity contribution in [1.29, 1.82) is 0 Å². The molecular weight excluding hydrogens is 286 g/mol. The highest BCUT2D eigenvalue weighted by Crippen LogP contribution is 2.35. The van der Waals surface area contributed by atoms with Crippen LogP contribution in [0.25, 0.3) is 0 Å². The van der Waals surface area contributed by atoms with E-state index < -0.39 is 11.4 Å². The molecule has 0 saturated carbocycles. The number of benzene rings is 1. The summed E-state index contributed by atoms with van der Waals surface area (Å²) < 4.78 is 0. The van der Waals surface area contributed by atoms with Crippen molar-refractivity contribution in [3.8, 4) is 0 Å². The molecule has 0 spiro atoms. The zero-order valence-corrected chi connectivity index (χ0v) is 13.6. The topological polar surface area (TPSA) is 40.5 Å². The van der Waals surface area contributed by atoms with Crippen LogP contribution >= 0.6 is 11.6 Å². The standard InChI is InChI=1S/C17H24ClNO2/c1-3-17(16(20)21)8-10-19(11-9-17)13(2)12-14-4-6-15(18)7-5-14/h4-7,13H,3,8-12H2,1-2H3,(H,20,21). The SMILES string of the molecule is CCC1(C(=O)O)CCN(C(C)Cc2ccc(Cl)cc2)CC1. The lowest BCUT2D eigenvalue weighted by atomic mass is 9.76. The Morgan fingerprint density at radius 1 is 1.33 bits per heavy atom. The number of piperidine rings is 1. The molecule has 0 bridgehead atoms. The molecule has 2 rings (SSSR count). The number of hydrogen-bond donors (Lipinski definition) is 1. The summed E-state index contributed by atoms with van der Waals surface area (Å²) in [4.78, 5) is 13.9. The van der Waals surface area contributed by atoms with E-state index in [4.69, 9.17) is 11.6 Å². The molecule has 21 heavy (non-hydrogen) atoms.